The van der Waals surface area contributed by atoms with Crippen molar-refractivity contribution in [2.24, 2.45) is 5.73 Å². The summed E-state index contributed by atoms with van der Waals surface area (Å²) in [7, 11) is 1.73. The van der Waals surface area contributed by atoms with Crippen molar-refractivity contribution >= 4 is 0 Å². The lowest BCUT2D eigenvalue weighted by Gasteiger charge is -2.12. The fraction of sp³-hybridized carbons (Fsp3) is 0.600. The predicted molar refractivity (Wildman–Crippen MR) is 74.7 cm³/mol. The molecule has 0 spiro atoms. The molecule has 1 aromatic rings. The summed E-state index contributed by atoms with van der Waals surface area (Å²) in [6.07, 6.45) is 3.32. The molecule has 0 heterocycles. The van der Waals surface area contributed by atoms with Gasteiger partial charge in [-0.2, -0.15) is 0 Å². The number of benzene rings is 1. The normalized spacial score (nSPS) is 23.9. The van der Waals surface area contributed by atoms with Crippen LogP contribution in [-0.4, -0.2) is 32.3 Å². The zero-order chi connectivity index (χ0) is 12.8. The Bertz CT molecular complexity index is 342. The van der Waals surface area contributed by atoms with E-state index in [2.05, 4.69) is 35.6 Å². The van der Waals surface area contributed by atoms with Gasteiger partial charge in [-0.1, -0.05) is 30.3 Å². The molecule has 0 saturated heterocycles. The highest BCUT2D eigenvalue weighted by Gasteiger charge is 2.37. The minimum atomic E-state index is 0.247. The molecule has 3 unspecified atom stereocenters. The van der Waals surface area contributed by atoms with Gasteiger partial charge >= 0.3 is 0 Å². The molecule has 1 aliphatic carbocycles. The third kappa shape index (κ3) is 4.09. The molecule has 0 bridgehead atoms. The molecule has 0 amide bonds. The molecule has 3 heteroatoms. The maximum Gasteiger partial charge on any atom is 0.0462 e. The fourth-order valence-corrected chi connectivity index (χ4v) is 2.38. The Labute approximate surface area is 110 Å². The van der Waals surface area contributed by atoms with Crippen LogP contribution in [0.25, 0.3) is 0 Å². The molecule has 1 saturated carbocycles. The van der Waals surface area contributed by atoms with Crippen molar-refractivity contribution in [1.82, 2.24) is 5.32 Å². The molecule has 0 aliphatic heterocycles. The SMILES string of the molecule is COCCCC(N)CNC1CC1c1ccccc1. The molecule has 3 nitrogen and oxygen atoms in total. The van der Waals surface area contributed by atoms with Gasteiger partial charge in [0.2, 0.25) is 0 Å². The first-order valence-corrected chi connectivity index (χ1v) is 6.84. The molecule has 1 aliphatic rings. The van der Waals surface area contributed by atoms with Gasteiger partial charge in [0.05, 0.1) is 0 Å². The zero-order valence-electron chi connectivity index (χ0n) is 11.1. The quantitative estimate of drug-likeness (QED) is 0.691. The first-order valence-electron chi connectivity index (χ1n) is 6.84. The number of nitrogens with one attached hydrogen (secondary N) is 1. The van der Waals surface area contributed by atoms with Gasteiger partial charge < -0.3 is 15.8 Å². The maximum absolute atomic E-state index is 6.06. The van der Waals surface area contributed by atoms with Gasteiger partial charge in [0.15, 0.2) is 0 Å². The smallest absolute Gasteiger partial charge is 0.0462 e. The Morgan fingerprint density at radius 3 is 2.89 bits per heavy atom. The predicted octanol–water partition coefficient (Wildman–Crippen LogP) is 1.89. The minimum absolute atomic E-state index is 0.247. The van der Waals surface area contributed by atoms with E-state index in [-0.39, 0.29) is 6.04 Å². The highest BCUT2D eigenvalue weighted by atomic mass is 16.5. The van der Waals surface area contributed by atoms with Crippen molar-refractivity contribution in [3.8, 4) is 0 Å². The molecule has 3 atom stereocenters. The Balaban J connectivity index is 1.62. The van der Waals surface area contributed by atoms with Crippen molar-refractivity contribution in [1.29, 1.82) is 0 Å². The first kappa shape index (κ1) is 13.5. The second kappa shape index (κ2) is 6.88. The summed E-state index contributed by atoms with van der Waals surface area (Å²) in [5, 5.41) is 3.57. The molecule has 0 radical (unpaired) electrons. The highest BCUT2D eigenvalue weighted by molar-refractivity contribution is 5.27. The van der Waals surface area contributed by atoms with Gasteiger partial charge in [0.1, 0.15) is 0 Å². The van der Waals surface area contributed by atoms with Gasteiger partial charge in [0, 0.05) is 38.3 Å². The largest absolute Gasteiger partial charge is 0.385 e. The molecule has 1 fully saturated rings. The van der Waals surface area contributed by atoms with Crippen molar-refractivity contribution in [3.05, 3.63) is 35.9 Å². The second-order valence-corrected chi connectivity index (χ2v) is 5.16. The van der Waals surface area contributed by atoms with Crippen LogP contribution in [0.3, 0.4) is 0 Å². The van der Waals surface area contributed by atoms with Crippen LogP contribution in [0.4, 0.5) is 0 Å². The second-order valence-electron chi connectivity index (χ2n) is 5.16. The standard InChI is InChI=1S/C15H24N2O/c1-18-9-5-8-13(16)11-17-15-10-14(15)12-6-3-2-4-7-12/h2-4,6-7,13-15,17H,5,8-11,16H2,1H3. The van der Waals surface area contributed by atoms with Crippen LogP contribution in [0.5, 0.6) is 0 Å². The van der Waals surface area contributed by atoms with Crippen LogP contribution < -0.4 is 11.1 Å². The van der Waals surface area contributed by atoms with Crippen molar-refractivity contribution in [2.75, 3.05) is 20.3 Å². The van der Waals surface area contributed by atoms with Crippen LogP contribution in [0, 0.1) is 0 Å². The average Bonchev–Trinajstić information content (AvgIpc) is 3.17. The van der Waals surface area contributed by atoms with Crippen molar-refractivity contribution < 1.29 is 4.74 Å². The summed E-state index contributed by atoms with van der Waals surface area (Å²) in [4.78, 5) is 0. The molecule has 0 aromatic heterocycles. The summed E-state index contributed by atoms with van der Waals surface area (Å²) >= 11 is 0. The van der Waals surface area contributed by atoms with Crippen molar-refractivity contribution in [3.63, 3.8) is 0 Å². The summed E-state index contributed by atoms with van der Waals surface area (Å²) in [5.41, 5.74) is 7.50. The van der Waals surface area contributed by atoms with E-state index in [1.807, 2.05) is 0 Å². The van der Waals surface area contributed by atoms with E-state index >= 15 is 0 Å². The number of ether oxygens (including phenoxy) is 1. The summed E-state index contributed by atoms with van der Waals surface area (Å²) in [6, 6.07) is 11.6. The van der Waals surface area contributed by atoms with E-state index in [1.165, 1.54) is 12.0 Å². The Kier molecular flexibility index (Phi) is 5.17. The topological polar surface area (TPSA) is 47.3 Å². The fourth-order valence-electron chi connectivity index (χ4n) is 2.38. The zero-order valence-corrected chi connectivity index (χ0v) is 11.1. The van der Waals surface area contributed by atoms with Gasteiger partial charge in [-0.05, 0) is 24.8 Å². The number of nitrogens with two attached hydrogens (primary N) is 1. The average molecular weight is 248 g/mol. The Morgan fingerprint density at radius 1 is 1.39 bits per heavy atom. The lowest BCUT2D eigenvalue weighted by atomic mass is 10.1. The highest BCUT2D eigenvalue weighted by Crippen LogP contribution is 2.40. The number of rotatable bonds is 8. The monoisotopic (exact) mass is 248 g/mol. The molecular weight excluding hydrogens is 224 g/mol. The maximum atomic E-state index is 6.06. The molecule has 18 heavy (non-hydrogen) atoms. The van der Waals surface area contributed by atoms with Crippen LogP contribution in [0.2, 0.25) is 0 Å². The molecular formula is C15H24N2O. The van der Waals surface area contributed by atoms with E-state index in [1.54, 1.807) is 7.11 Å². The van der Waals surface area contributed by atoms with E-state index in [9.17, 15) is 0 Å². The Hall–Kier alpha value is -0.900. The molecule has 1 aromatic carbocycles. The number of hydrogen-bond donors (Lipinski definition) is 2. The lowest BCUT2D eigenvalue weighted by Crippen LogP contribution is -2.35. The summed E-state index contributed by atoms with van der Waals surface area (Å²) in [5.74, 6) is 0.692. The van der Waals surface area contributed by atoms with Gasteiger partial charge in [-0.3, -0.25) is 0 Å². The van der Waals surface area contributed by atoms with E-state index in [0.717, 1.165) is 26.0 Å². The van der Waals surface area contributed by atoms with Crippen LogP contribution >= 0.6 is 0 Å². The van der Waals surface area contributed by atoms with Crippen molar-refractivity contribution in [2.45, 2.75) is 37.3 Å². The minimum Gasteiger partial charge on any atom is -0.385 e. The van der Waals surface area contributed by atoms with E-state index < -0.39 is 0 Å². The summed E-state index contributed by atoms with van der Waals surface area (Å²) < 4.78 is 5.03. The number of methoxy groups -OCH3 is 1. The van der Waals surface area contributed by atoms with Crippen LogP contribution in [-0.2, 0) is 4.74 Å². The third-order valence-electron chi connectivity index (χ3n) is 3.58. The molecule has 100 valence electrons. The van der Waals surface area contributed by atoms with E-state index in [0.29, 0.717) is 12.0 Å². The van der Waals surface area contributed by atoms with Gasteiger partial charge in [-0.25, -0.2) is 0 Å². The van der Waals surface area contributed by atoms with E-state index in [4.69, 9.17) is 10.5 Å². The van der Waals surface area contributed by atoms with Crippen LogP contribution in [0.1, 0.15) is 30.7 Å². The number of hydrogen-bond acceptors (Lipinski definition) is 3. The molecule has 2 rings (SSSR count). The Morgan fingerprint density at radius 2 is 2.17 bits per heavy atom. The van der Waals surface area contributed by atoms with Gasteiger partial charge in [0.25, 0.3) is 0 Å². The first-order chi connectivity index (χ1) is 8.81. The third-order valence-corrected chi connectivity index (χ3v) is 3.58. The van der Waals surface area contributed by atoms with Crippen LogP contribution in [0.15, 0.2) is 30.3 Å². The van der Waals surface area contributed by atoms with Gasteiger partial charge in [-0.15, -0.1) is 0 Å². The lowest BCUT2D eigenvalue weighted by molar-refractivity contribution is 0.190. The summed E-state index contributed by atoms with van der Waals surface area (Å²) in [6.45, 7) is 1.72. The molecule has 3 N–H and O–H groups in total.